The van der Waals surface area contributed by atoms with E-state index in [1.807, 2.05) is 54.6 Å². The van der Waals surface area contributed by atoms with E-state index in [4.69, 9.17) is 9.47 Å². The molecule has 1 aliphatic heterocycles. The molecule has 1 fully saturated rings. The van der Waals surface area contributed by atoms with Crippen molar-refractivity contribution in [1.29, 1.82) is 0 Å². The Morgan fingerprint density at radius 3 is 2.50 bits per heavy atom. The fourth-order valence-electron chi connectivity index (χ4n) is 2.99. The zero-order valence-corrected chi connectivity index (χ0v) is 16.2. The molecule has 6 heteroatoms. The lowest BCUT2D eigenvalue weighted by Crippen LogP contribution is -2.40. The van der Waals surface area contributed by atoms with E-state index in [9.17, 15) is 4.79 Å². The van der Waals surface area contributed by atoms with E-state index in [1.54, 1.807) is 0 Å². The summed E-state index contributed by atoms with van der Waals surface area (Å²) < 4.78 is 11.1. The first kappa shape index (κ1) is 20.3. The molecule has 0 saturated carbocycles. The Hall–Kier alpha value is -2.41. The summed E-state index contributed by atoms with van der Waals surface area (Å²) in [6.45, 7) is 6.71. The van der Waals surface area contributed by atoms with E-state index < -0.39 is 0 Å². The normalized spacial score (nSPS) is 14.6. The van der Waals surface area contributed by atoms with Crippen LogP contribution < -0.4 is 15.4 Å². The minimum absolute atomic E-state index is 0.0110. The predicted octanol–water partition coefficient (Wildman–Crippen LogP) is 2.52. The van der Waals surface area contributed by atoms with Crippen molar-refractivity contribution >= 4 is 11.6 Å². The summed E-state index contributed by atoms with van der Waals surface area (Å²) in [7, 11) is 0. The highest BCUT2D eigenvalue weighted by atomic mass is 16.5. The van der Waals surface area contributed by atoms with Crippen molar-refractivity contribution in [3.8, 4) is 5.75 Å². The lowest BCUT2D eigenvalue weighted by molar-refractivity contribution is -0.116. The Kier molecular flexibility index (Phi) is 8.30. The van der Waals surface area contributed by atoms with Crippen LogP contribution in [0.25, 0.3) is 0 Å². The van der Waals surface area contributed by atoms with Gasteiger partial charge in [-0.15, -0.1) is 0 Å². The molecule has 0 aromatic heterocycles. The minimum Gasteiger partial charge on any atom is -0.489 e. The van der Waals surface area contributed by atoms with Crippen LogP contribution in [-0.2, 0) is 16.1 Å². The smallest absolute Gasteiger partial charge is 0.225 e. The van der Waals surface area contributed by atoms with Gasteiger partial charge in [0.1, 0.15) is 12.4 Å². The monoisotopic (exact) mass is 383 g/mol. The molecule has 6 nitrogen and oxygen atoms in total. The molecule has 3 rings (SSSR count). The molecule has 0 unspecified atom stereocenters. The number of hydrogen-bond donors (Lipinski definition) is 2. The van der Waals surface area contributed by atoms with E-state index in [0.717, 1.165) is 56.4 Å². The average Bonchev–Trinajstić information content (AvgIpc) is 2.74. The van der Waals surface area contributed by atoms with Crippen LogP contribution >= 0.6 is 0 Å². The Morgan fingerprint density at radius 2 is 1.75 bits per heavy atom. The number of carbonyl (C=O) groups is 1. The standard InChI is InChI=1S/C22H29N3O3/c26-22(10-11-23-12-13-25-14-16-27-17-15-25)24-20-6-8-21(9-7-20)28-18-19-4-2-1-3-5-19/h1-9,23H,10-18H2,(H,24,26). The number of benzene rings is 2. The molecule has 0 spiro atoms. The number of ether oxygens (including phenoxy) is 2. The predicted molar refractivity (Wildman–Crippen MR) is 111 cm³/mol. The van der Waals surface area contributed by atoms with Crippen molar-refractivity contribution in [2.24, 2.45) is 0 Å². The van der Waals surface area contributed by atoms with Crippen molar-refractivity contribution in [2.45, 2.75) is 13.0 Å². The van der Waals surface area contributed by atoms with Crippen LogP contribution in [0.3, 0.4) is 0 Å². The van der Waals surface area contributed by atoms with E-state index in [2.05, 4.69) is 15.5 Å². The van der Waals surface area contributed by atoms with Crippen LogP contribution in [0.15, 0.2) is 54.6 Å². The highest BCUT2D eigenvalue weighted by Gasteiger charge is 2.09. The van der Waals surface area contributed by atoms with Crippen LogP contribution in [0, 0.1) is 0 Å². The van der Waals surface area contributed by atoms with Crippen molar-refractivity contribution in [3.05, 3.63) is 60.2 Å². The fourth-order valence-corrected chi connectivity index (χ4v) is 2.99. The number of morpholine rings is 1. The molecule has 1 amide bonds. The summed E-state index contributed by atoms with van der Waals surface area (Å²) in [5.74, 6) is 0.795. The molecular weight excluding hydrogens is 354 g/mol. The second-order valence-corrected chi connectivity index (χ2v) is 6.80. The van der Waals surface area contributed by atoms with Gasteiger partial charge in [0.15, 0.2) is 0 Å². The topological polar surface area (TPSA) is 62.8 Å². The van der Waals surface area contributed by atoms with E-state index in [-0.39, 0.29) is 5.91 Å². The Balaban J connectivity index is 1.29. The number of nitrogens with zero attached hydrogens (tertiary/aromatic N) is 1. The zero-order chi connectivity index (χ0) is 19.4. The second kappa shape index (κ2) is 11.4. The fraction of sp³-hybridized carbons (Fsp3) is 0.409. The molecule has 150 valence electrons. The van der Waals surface area contributed by atoms with Gasteiger partial charge in [0.05, 0.1) is 13.2 Å². The van der Waals surface area contributed by atoms with E-state index in [0.29, 0.717) is 19.6 Å². The molecule has 1 saturated heterocycles. The number of anilines is 1. The zero-order valence-electron chi connectivity index (χ0n) is 16.2. The van der Waals surface area contributed by atoms with Gasteiger partial charge in [0, 0.05) is 44.8 Å². The number of amides is 1. The van der Waals surface area contributed by atoms with Crippen molar-refractivity contribution in [2.75, 3.05) is 51.3 Å². The maximum Gasteiger partial charge on any atom is 0.225 e. The van der Waals surface area contributed by atoms with Crippen molar-refractivity contribution in [3.63, 3.8) is 0 Å². The molecule has 2 aromatic carbocycles. The summed E-state index contributed by atoms with van der Waals surface area (Å²) in [5.41, 5.74) is 1.91. The van der Waals surface area contributed by atoms with Gasteiger partial charge in [0.2, 0.25) is 5.91 Å². The van der Waals surface area contributed by atoms with Crippen LogP contribution in [0.4, 0.5) is 5.69 Å². The third kappa shape index (κ3) is 7.31. The van der Waals surface area contributed by atoms with Gasteiger partial charge >= 0.3 is 0 Å². The first-order valence-electron chi connectivity index (χ1n) is 9.87. The lowest BCUT2D eigenvalue weighted by Gasteiger charge is -2.26. The van der Waals surface area contributed by atoms with Gasteiger partial charge in [-0.05, 0) is 29.8 Å². The van der Waals surface area contributed by atoms with E-state index >= 15 is 0 Å². The van der Waals surface area contributed by atoms with Crippen LogP contribution in [0.2, 0.25) is 0 Å². The first-order valence-corrected chi connectivity index (χ1v) is 9.87. The van der Waals surface area contributed by atoms with E-state index in [1.165, 1.54) is 0 Å². The average molecular weight is 383 g/mol. The first-order chi connectivity index (χ1) is 13.8. The summed E-state index contributed by atoms with van der Waals surface area (Å²) in [4.78, 5) is 14.4. The number of nitrogens with one attached hydrogen (secondary N) is 2. The molecule has 1 aliphatic rings. The molecule has 1 heterocycles. The molecule has 28 heavy (non-hydrogen) atoms. The highest BCUT2D eigenvalue weighted by Crippen LogP contribution is 2.17. The lowest BCUT2D eigenvalue weighted by atomic mass is 10.2. The maximum absolute atomic E-state index is 12.1. The molecular formula is C22H29N3O3. The molecule has 0 bridgehead atoms. The Bertz CT molecular complexity index is 701. The van der Waals surface area contributed by atoms with Gasteiger partial charge < -0.3 is 20.1 Å². The van der Waals surface area contributed by atoms with Crippen LogP contribution in [0.1, 0.15) is 12.0 Å². The molecule has 2 aromatic rings. The number of carbonyl (C=O) groups excluding carboxylic acids is 1. The highest BCUT2D eigenvalue weighted by molar-refractivity contribution is 5.90. The van der Waals surface area contributed by atoms with Gasteiger partial charge in [-0.25, -0.2) is 0 Å². The van der Waals surface area contributed by atoms with Gasteiger partial charge in [-0.1, -0.05) is 30.3 Å². The van der Waals surface area contributed by atoms with Gasteiger partial charge in [0.25, 0.3) is 0 Å². The van der Waals surface area contributed by atoms with Crippen molar-refractivity contribution in [1.82, 2.24) is 10.2 Å². The molecule has 0 atom stereocenters. The van der Waals surface area contributed by atoms with Crippen LogP contribution in [0.5, 0.6) is 5.75 Å². The molecule has 0 radical (unpaired) electrons. The number of rotatable bonds is 10. The quantitative estimate of drug-likeness (QED) is 0.618. The summed E-state index contributed by atoms with van der Waals surface area (Å²) in [6, 6.07) is 17.5. The van der Waals surface area contributed by atoms with Crippen molar-refractivity contribution < 1.29 is 14.3 Å². The summed E-state index contributed by atoms with van der Waals surface area (Å²) in [6.07, 6.45) is 0.454. The second-order valence-electron chi connectivity index (χ2n) is 6.80. The summed E-state index contributed by atoms with van der Waals surface area (Å²) in [5, 5.41) is 6.25. The number of hydrogen-bond acceptors (Lipinski definition) is 5. The Labute approximate surface area is 166 Å². The maximum atomic E-state index is 12.1. The Morgan fingerprint density at radius 1 is 1.00 bits per heavy atom. The minimum atomic E-state index is 0.0110. The van der Waals surface area contributed by atoms with Gasteiger partial charge in [-0.3, -0.25) is 9.69 Å². The third-order valence-electron chi connectivity index (χ3n) is 4.62. The molecule has 0 aliphatic carbocycles. The SMILES string of the molecule is O=C(CCNCCN1CCOCC1)Nc1ccc(OCc2ccccc2)cc1. The largest absolute Gasteiger partial charge is 0.489 e. The van der Waals surface area contributed by atoms with Crippen LogP contribution in [-0.4, -0.2) is 56.7 Å². The third-order valence-corrected chi connectivity index (χ3v) is 4.62. The van der Waals surface area contributed by atoms with Gasteiger partial charge in [-0.2, -0.15) is 0 Å². The molecule has 2 N–H and O–H groups in total. The summed E-state index contributed by atoms with van der Waals surface area (Å²) >= 11 is 0.